The Morgan fingerprint density at radius 3 is 2.62 bits per heavy atom. The molecule has 0 aliphatic heterocycles. The second-order valence-electron chi connectivity index (χ2n) is 4.70. The first-order valence-corrected chi connectivity index (χ1v) is 6.26. The summed E-state index contributed by atoms with van der Waals surface area (Å²) < 4.78 is 13.2. The predicted molar refractivity (Wildman–Crippen MR) is 68.7 cm³/mol. The quantitative estimate of drug-likeness (QED) is 0.630. The fraction of sp³-hybridized carbons (Fsp3) is 0.500. The summed E-state index contributed by atoms with van der Waals surface area (Å²) in [4.78, 5) is 0. The Bertz CT molecular complexity index is 336. The number of nitrogens with one attached hydrogen (secondary N) is 1. The van der Waals surface area contributed by atoms with Gasteiger partial charge in [0.25, 0.3) is 0 Å². The van der Waals surface area contributed by atoms with E-state index in [1.165, 1.54) is 12.1 Å². The highest BCUT2D eigenvalue weighted by atomic mass is 32.2. The van der Waals surface area contributed by atoms with Crippen LogP contribution in [-0.2, 0) is 0 Å². The maximum Gasteiger partial charge on any atom is 0.123 e. The Kier molecular flexibility index (Phi) is 4.77. The number of rotatable bonds is 4. The first-order valence-electron chi connectivity index (χ1n) is 5.28. The average Bonchev–Trinajstić information content (AvgIpc) is 2.17. The number of hydrogen-bond donors (Lipinski definition) is 2. The number of halogens is 1. The van der Waals surface area contributed by atoms with Gasteiger partial charge in [0.1, 0.15) is 5.82 Å². The molecule has 0 saturated carbocycles. The van der Waals surface area contributed by atoms with Gasteiger partial charge in [-0.1, -0.05) is 32.9 Å². The largest absolute Gasteiger partial charge is 0.271 e. The van der Waals surface area contributed by atoms with Crippen LogP contribution >= 0.6 is 11.8 Å². The van der Waals surface area contributed by atoms with E-state index >= 15 is 0 Å². The van der Waals surface area contributed by atoms with Crippen LogP contribution in [0.1, 0.15) is 32.4 Å². The van der Waals surface area contributed by atoms with Crippen molar-refractivity contribution >= 4 is 11.8 Å². The summed E-state index contributed by atoms with van der Waals surface area (Å²) in [6.07, 6.45) is 0. The third-order valence-electron chi connectivity index (χ3n) is 2.14. The molecule has 1 unspecified atom stereocenters. The highest BCUT2D eigenvalue weighted by molar-refractivity contribution is 8.00. The summed E-state index contributed by atoms with van der Waals surface area (Å²) >= 11 is 1.80. The molecule has 0 aromatic heterocycles. The van der Waals surface area contributed by atoms with Gasteiger partial charge in [0.05, 0.1) is 6.04 Å². The van der Waals surface area contributed by atoms with Gasteiger partial charge >= 0.3 is 0 Å². The fourth-order valence-corrected chi connectivity index (χ4v) is 2.25. The number of benzene rings is 1. The summed E-state index contributed by atoms with van der Waals surface area (Å²) in [5, 5.41) is 0. The smallest absolute Gasteiger partial charge is 0.123 e. The van der Waals surface area contributed by atoms with Crippen molar-refractivity contribution in [3.05, 3.63) is 35.6 Å². The topological polar surface area (TPSA) is 38.0 Å². The van der Waals surface area contributed by atoms with Crippen molar-refractivity contribution in [3.63, 3.8) is 0 Å². The van der Waals surface area contributed by atoms with Crippen LogP contribution < -0.4 is 11.3 Å². The van der Waals surface area contributed by atoms with Crippen LogP contribution in [0.25, 0.3) is 0 Å². The summed E-state index contributed by atoms with van der Waals surface area (Å²) in [6, 6.07) is 6.54. The van der Waals surface area contributed by atoms with Crippen LogP contribution in [0.4, 0.5) is 4.39 Å². The van der Waals surface area contributed by atoms with Crippen molar-refractivity contribution in [1.29, 1.82) is 0 Å². The number of hydrogen-bond acceptors (Lipinski definition) is 3. The standard InChI is InChI=1S/C12H19FN2S/c1-12(2,3)16-8-11(15-14)9-5-4-6-10(13)7-9/h4-7,11,15H,8,14H2,1-3H3. The van der Waals surface area contributed by atoms with Gasteiger partial charge in [-0.3, -0.25) is 11.3 Å². The van der Waals surface area contributed by atoms with E-state index < -0.39 is 0 Å². The molecule has 0 radical (unpaired) electrons. The van der Waals surface area contributed by atoms with Gasteiger partial charge in [-0.05, 0) is 17.7 Å². The lowest BCUT2D eigenvalue weighted by atomic mass is 10.1. The van der Waals surface area contributed by atoms with Gasteiger partial charge in [-0.15, -0.1) is 0 Å². The SMILES string of the molecule is CC(C)(C)SCC(NN)c1cccc(F)c1. The number of hydrazine groups is 1. The molecule has 0 amide bonds. The number of thioether (sulfide) groups is 1. The number of nitrogens with two attached hydrogens (primary N) is 1. The van der Waals surface area contributed by atoms with E-state index in [-0.39, 0.29) is 16.6 Å². The van der Waals surface area contributed by atoms with Gasteiger partial charge in [0.15, 0.2) is 0 Å². The monoisotopic (exact) mass is 242 g/mol. The van der Waals surface area contributed by atoms with Crippen LogP contribution in [0, 0.1) is 5.82 Å². The average molecular weight is 242 g/mol. The molecule has 0 aliphatic carbocycles. The maximum absolute atomic E-state index is 13.1. The molecule has 0 aliphatic rings. The van der Waals surface area contributed by atoms with Crippen LogP contribution in [0.15, 0.2) is 24.3 Å². The minimum atomic E-state index is -0.224. The van der Waals surface area contributed by atoms with E-state index in [4.69, 9.17) is 5.84 Å². The third-order valence-corrected chi connectivity index (χ3v) is 3.50. The first kappa shape index (κ1) is 13.5. The van der Waals surface area contributed by atoms with E-state index in [1.807, 2.05) is 6.07 Å². The molecule has 1 aromatic carbocycles. The van der Waals surface area contributed by atoms with Gasteiger partial charge in [0.2, 0.25) is 0 Å². The van der Waals surface area contributed by atoms with Gasteiger partial charge < -0.3 is 0 Å². The summed E-state index contributed by atoms with van der Waals surface area (Å²) in [5.41, 5.74) is 3.62. The molecule has 1 rings (SSSR count). The van der Waals surface area contributed by atoms with Crippen molar-refractivity contribution < 1.29 is 4.39 Å². The van der Waals surface area contributed by atoms with Gasteiger partial charge in [0, 0.05) is 10.5 Å². The van der Waals surface area contributed by atoms with E-state index in [1.54, 1.807) is 17.8 Å². The fourth-order valence-electron chi connectivity index (χ4n) is 1.30. The van der Waals surface area contributed by atoms with Crippen molar-refractivity contribution in [3.8, 4) is 0 Å². The molecule has 4 heteroatoms. The maximum atomic E-state index is 13.1. The highest BCUT2D eigenvalue weighted by Gasteiger charge is 2.16. The lowest BCUT2D eigenvalue weighted by Gasteiger charge is -2.22. The molecule has 0 heterocycles. The van der Waals surface area contributed by atoms with E-state index in [9.17, 15) is 4.39 Å². The van der Waals surface area contributed by atoms with Crippen LogP contribution in [0.2, 0.25) is 0 Å². The van der Waals surface area contributed by atoms with Crippen molar-refractivity contribution in [2.75, 3.05) is 5.75 Å². The normalized spacial score (nSPS) is 13.8. The zero-order valence-electron chi connectivity index (χ0n) is 9.96. The van der Waals surface area contributed by atoms with Gasteiger partial charge in [-0.2, -0.15) is 11.8 Å². The molecule has 0 spiro atoms. The van der Waals surface area contributed by atoms with E-state index in [0.717, 1.165) is 11.3 Å². The molecule has 90 valence electrons. The Hall–Kier alpha value is -0.580. The molecule has 1 aromatic rings. The summed E-state index contributed by atoms with van der Waals surface area (Å²) in [7, 11) is 0. The van der Waals surface area contributed by atoms with E-state index in [2.05, 4.69) is 26.2 Å². The van der Waals surface area contributed by atoms with E-state index in [0.29, 0.717) is 0 Å². The lowest BCUT2D eigenvalue weighted by molar-refractivity contribution is 0.589. The summed E-state index contributed by atoms with van der Waals surface area (Å²) in [6.45, 7) is 6.45. The Labute approximate surface area is 101 Å². The molecule has 2 nitrogen and oxygen atoms in total. The van der Waals surface area contributed by atoms with Crippen molar-refractivity contribution in [2.45, 2.75) is 31.6 Å². The molecule has 0 fully saturated rings. The molecule has 3 N–H and O–H groups in total. The highest BCUT2D eigenvalue weighted by Crippen LogP contribution is 2.28. The summed E-state index contributed by atoms with van der Waals surface area (Å²) in [5.74, 6) is 6.10. The second-order valence-corrected chi connectivity index (χ2v) is 6.54. The molecule has 0 bridgehead atoms. The third kappa shape index (κ3) is 4.51. The van der Waals surface area contributed by atoms with Crippen molar-refractivity contribution in [2.24, 2.45) is 5.84 Å². The minimum absolute atomic E-state index is 0.0140. The first-order chi connectivity index (χ1) is 7.42. The molecule has 0 saturated heterocycles. The lowest BCUT2D eigenvalue weighted by Crippen LogP contribution is -2.30. The Balaban J connectivity index is 2.68. The van der Waals surface area contributed by atoms with Gasteiger partial charge in [-0.25, -0.2) is 4.39 Å². The second kappa shape index (κ2) is 5.66. The Morgan fingerprint density at radius 2 is 2.12 bits per heavy atom. The van der Waals surface area contributed by atoms with Crippen molar-refractivity contribution in [1.82, 2.24) is 5.43 Å². The van der Waals surface area contributed by atoms with Crippen LogP contribution in [0.3, 0.4) is 0 Å². The molecule has 1 atom stereocenters. The zero-order valence-corrected chi connectivity index (χ0v) is 10.8. The molecule has 16 heavy (non-hydrogen) atoms. The zero-order chi connectivity index (χ0) is 12.2. The minimum Gasteiger partial charge on any atom is -0.271 e. The van der Waals surface area contributed by atoms with Crippen LogP contribution in [-0.4, -0.2) is 10.5 Å². The molecular formula is C12H19FN2S. The van der Waals surface area contributed by atoms with Crippen LogP contribution in [0.5, 0.6) is 0 Å². The Morgan fingerprint density at radius 1 is 1.44 bits per heavy atom. The predicted octanol–water partition coefficient (Wildman–Crippen LogP) is 2.86. The molecular weight excluding hydrogens is 223 g/mol.